The zero-order chi connectivity index (χ0) is 8.81. The summed E-state index contributed by atoms with van der Waals surface area (Å²) >= 11 is 0.678. The van der Waals surface area contributed by atoms with Crippen molar-refractivity contribution in [2.75, 3.05) is 0 Å². The van der Waals surface area contributed by atoms with Gasteiger partial charge in [0.1, 0.15) is 0 Å². The van der Waals surface area contributed by atoms with Crippen LogP contribution in [-0.2, 0) is 0 Å². The van der Waals surface area contributed by atoms with Gasteiger partial charge in [0, 0.05) is 0 Å². The summed E-state index contributed by atoms with van der Waals surface area (Å²) in [5.74, 6) is 0. The molecule has 0 heterocycles. The minimum absolute atomic E-state index is 0.678. The van der Waals surface area contributed by atoms with Gasteiger partial charge in [-0.2, -0.15) is 0 Å². The Bertz CT molecular complexity index is 206. The van der Waals surface area contributed by atoms with Crippen molar-refractivity contribution >= 4 is 19.4 Å². The second-order valence-electron chi connectivity index (χ2n) is 3.03. The number of rotatable bonds is 4. The zero-order valence-electron chi connectivity index (χ0n) is 7.79. The van der Waals surface area contributed by atoms with E-state index in [1.807, 2.05) is 0 Å². The summed E-state index contributed by atoms with van der Waals surface area (Å²) in [6.45, 7) is 4.62. The van der Waals surface area contributed by atoms with E-state index in [1.165, 1.54) is 17.3 Å². The molecule has 0 nitrogen and oxygen atoms in total. The van der Waals surface area contributed by atoms with E-state index in [-0.39, 0.29) is 0 Å². The Morgan fingerprint density at radius 1 is 1.25 bits per heavy atom. The van der Waals surface area contributed by atoms with Crippen molar-refractivity contribution in [3.8, 4) is 0 Å². The molecule has 0 bridgehead atoms. The maximum atomic E-state index is 2.36. The molecule has 1 heteroatoms. The standard InChI is InChI=1S/C11H16Se/c1-3-7-10(2)12-11-8-5-4-6-9-11/h4-6,8-10H,3,7H2,1-2H3. The molecule has 0 aliphatic carbocycles. The normalized spacial score (nSPS) is 12.8. The Hall–Kier alpha value is -0.261. The van der Waals surface area contributed by atoms with Gasteiger partial charge in [-0.1, -0.05) is 0 Å². The van der Waals surface area contributed by atoms with Crippen LogP contribution in [0.1, 0.15) is 26.7 Å². The van der Waals surface area contributed by atoms with E-state index in [2.05, 4.69) is 44.2 Å². The number of benzene rings is 1. The summed E-state index contributed by atoms with van der Waals surface area (Å²) < 4.78 is 1.53. The van der Waals surface area contributed by atoms with Gasteiger partial charge in [0.25, 0.3) is 0 Å². The molecule has 1 aromatic rings. The Kier molecular flexibility index (Phi) is 4.42. The summed E-state index contributed by atoms with van der Waals surface area (Å²) in [7, 11) is 0. The Labute approximate surface area is 81.5 Å². The SMILES string of the molecule is CCCC(C)[Se]c1ccccc1. The quantitative estimate of drug-likeness (QED) is 0.694. The van der Waals surface area contributed by atoms with Crippen molar-refractivity contribution in [2.45, 2.75) is 31.5 Å². The topological polar surface area (TPSA) is 0 Å². The van der Waals surface area contributed by atoms with Crippen molar-refractivity contribution in [2.24, 2.45) is 0 Å². The van der Waals surface area contributed by atoms with Crippen molar-refractivity contribution < 1.29 is 0 Å². The van der Waals surface area contributed by atoms with E-state index in [0.29, 0.717) is 15.0 Å². The van der Waals surface area contributed by atoms with Crippen LogP contribution in [0.25, 0.3) is 0 Å². The molecule has 66 valence electrons. The van der Waals surface area contributed by atoms with Crippen LogP contribution >= 0.6 is 0 Å². The van der Waals surface area contributed by atoms with E-state index in [9.17, 15) is 0 Å². The third kappa shape index (κ3) is 3.42. The molecule has 1 unspecified atom stereocenters. The van der Waals surface area contributed by atoms with Crippen LogP contribution in [0.3, 0.4) is 0 Å². The van der Waals surface area contributed by atoms with Crippen molar-refractivity contribution in [1.82, 2.24) is 0 Å². The molecule has 0 fully saturated rings. The van der Waals surface area contributed by atoms with Crippen LogP contribution in [0.15, 0.2) is 30.3 Å². The monoisotopic (exact) mass is 228 g/mol. The number of hydrogen-bond acceptors (Lipinski definition) is 0. The van der Waals surface area contributed by atoms with E-state index in [0.717, 1.165) is 4.82 Å². The fourth-order valence-corrected chi connectivity index (χ4v) is 3.57. The molecule has 0 aliphatic rings. The zero-order valence-corrected chi connectivity index (χ0v) is 9.50. The van der Waals surface area contributed by atoms with E-state index in [4.69, 9.17) is 0 Å². The van der Waals surface area contributed by atoms with Gasteiger partial charge < -0.3 is 0 Å². The third-order valence-corrected chi connectivity index (χ3v) is 4.26. The molecule has 1 aromatic carbocycles. The van der Waals surface area contributed by atoms with Gasteiger partial charge in [-0.25, -0.2) is 0 Å². The van der Waals surface area contributed by atoms with Gasteiger partial charge in [-0.05, 0) is 0 Å². The van der Waals surface area contributed by atoms with Crippen LogP contribution in [0.2, 0.25) is 4.82 Å². The first kappa shape index (κ1) is 9.82. The summed E-state index contributed by atoms with van der Waals surface area (Å²) in [5, 5.41) is 0. The second kappa shape index (κ2) is 5.40. The van der Waals surface area contributed by atoms with E-state index in [1.54, 1.807) is 0 Å². The first-order valence-electron chi connectivity index (χ1n) is 4.54. The van der Waals surface area contributed by atoms with Crippen molar-refractivity contribution in [1.29, 1.82) is 0 Å². The molecule has 1 rings (SSSR count). The summed E-state index contributed by atoms with van der Waals surface area (Å²) in [5.41, 5.74) is 0. The molecule has 0 radical (unpaired) electrons. The van der Waals surface area contributed by atoms with Crippen molar-refractivity contribution in [3.63, 3.8) is 0 Å². The second-order valence-corrected chi connectivity index (χ2v) is 6.20. The molecule has 0 amide bonds. The molecule has 0 aliphatic heterocycles. The fourth-order valence-electron chi connectivity index (χ4n) is 1.20. The molecule has 0 saturated carbocycles. The predicted molar refractivity (Wildman–Crippen MR) is 56.2 cm³/mol. The Balaban J connectivity index is 2.41. The molecule has 1 atom stereocenters. The van der Waals surface area contributed by atoms with Crippen LogP contribution in [0.5, 0.6) is 0 Å². The third-order valence-electron chi connectivity index (χ3n) is 1.78. The van der Waals surface area contributed by atoms with Gasteiger partial charge in [0.2, 0.25) is 0 Å². The molecule has 0 aromatic heterocycles. The first-order chi connectivity index (χ1) is 5.83. The van der Waals surface area contributed by atoms with Crippen molar-refractivity contribution in [3.05, 3.63) is 30.3 Å². The number of hydrogen-bond donors (Lipinski definition) is 0. The van der Waals surface area contributed by atoms with Gasteiger partial charge >= 0.3 is 81.3 Å². The van der Waals surface area contributed by atoms with Crippen LogP contribution in [-0.4, -0.2) is 15.0 Å². The molecule has 0 N–H and O–H groups in total. The average molecular weight is 227 g/mol. The Morgan fingerprint density at radius 2 is 1.92 bits per heavy atom. The fraction of sp³-hybridized carbons (Fsp3) is 0.455. The minimum atomic E-state index is 0.678. The van der Waals surface area contributed by atoms with Crippen LogP contribution in [0, 0.1) is 0 Å². The Morgan fingerprint density at radius 3 is 2.50 bits per heavy atom. The molecule has 12 heavy (non-hydrogen) atoms. The van der Waals surface area contributed by atoms with Gasteiger partial charge in [0.05, 0.1) is 0 Å². The summed E-state index contributed by atoms with van der Waals surface area (Å²) in [6, 6.07) is 10.8. The summed E-state index contributed by atoms with van der Waals surface area (Å²) in [4.78, 5) is 0.893. The van der Waals surface area contributed by atoms with E-state index < -0.39 is 0 Å². The maximum absolute atomic E-state index is 2.36. The molecule has 0 saturated heterocycles. The van der Waals surface area contributed by atoms with Gasteiger partial charge in [-0.3, -0.25) is 0 Å². The van der Waals surface area contributed by atoms with Gasteiger partial charge in [-0.15, -0.1) is 0 Å². The average Bonchev–Trinajstić information content (AvgIpc) is 2.06. The van der Waals surface area contributed by atoms with Crippen LogP contribution < -0.4 is 4.46 Å². The molecule has 0 spiro atoms. The predicted octanol–water partition coefficient (Wildman–Crippen LogP) is 2.62. The summed E-state index contributed by atoms with van der Waals surface area (Å²) in [6.07, 6.45) is 2.69. The van der Waals surface area contributed by atoms with E-state index >= 15 is 0 Å². The van der Waals surface area contributed by atoms with Crippen LogP contribution in [0.4, 0.5) is 0 Å². The molecular weight excluding hydrogens is 211 g/mol. The molecular formula is C11H16Se. The first-order valence-corrected chi connectivity index (χ1v) is 6.39. The van der Waals surface area contributed by atoms with Gasteiger partial charge in [0.15, 0.2) is 0 Å².